The molecule has 1 aromatic carbocycles. The number of anilines is 1. The van der Waals surface area contributed by atoms with Gasteiger partial charge >= 0.3 is 6.09 Å². The largest absolute Gasteiger partial charge is 0.443 e. The van der Waals surface area contributed by atoms with E-state index in [1.807, 2.05) is 39.0 Å². The van der Waals surface area contributed by atoms with Gasteiger partial charge < -0.3 is 9.15 Å². The summed E-state index contributed by atoms with van der Waals surface area (Å²) in [6, 6.07) is 5.98. The molecule has 5 heteroatoms. The normalized spacial score (nSPS) is 14.6. The summed E-state index contributed by atoms with van der Waals surface area (Å²) in [5.74, 6) is 0.660. The molecule has 0 atom stereocenters. The van der Waals surface area contributed by atoms with E-state index in [0.29, 0.717) is 12.3 Å². The SMILES string of the molecule is CC(C)(C)OC(=O)N1CCCc2cccc(-c3cnco3)c21. The molecule has 1 amide bonds. The van der Waals surface area contributed by atoms with Crippen LogP contribution in [0.5, 0.6) is 0 Å². The van der Waals surface area contributed by atoms with E-state index in [4.69, 9.17) is 9.15 Å². The summed E-state index contributed by atoms with van der Waals surface area (Å²) in [5.41, 5.74) is 2.36. The Bertz CT molecular complexity index is 672. The lowest BCUT2D eigenvalue weighted by Gasteiger charge is -2.32. The van der Waals surface area contributed by atoms with Gasteiger partial charge in [-0.25, -0.2) is 9.78 Å². The predicted octanol–water partition coefficient (Wildman–Crippen LogP) is 4.03. The van der Waals surface area contributed by atoms with Crippen LogP contribution in [-0.4, -0.2) is 23.2 Å². The first-order valence-corrected chi connectivity index (χ1v) is 7.47. The first kappa shape index (κ1) is 14.6. The molecule has 0 N–H and O–H groups in total. The van der Waals surface area contributed by atoms with Crippen molar-refractivity contribution in [2.24, 2.45) is 0 Å². The van der Waals surface area contributed by atoms with Crippen LogP contribution >= 0.6 is 0 Å². The average molecular weight is 300 g/mol. The van der Waals surface area contributed by atoms with E-state index in [-0.39, 0.29) is 6.09 Å². The number of carbonyl (C=O) groups is 1. The van der Waals surface area contributed by atoms with Crippen molar-refractivity contribution in [3.63, 3.8) is 0 Å². The third kappa shape index (κ3) is 2.84. The van der Waals surface area contributed by atoms with Crippen molar-refractivity contribution in [2.45, 2.75) is 39.2 Å². The number of oxazole rings is 1. The Kier molecular flexibility index (Phi) is 3.64. The van der Waals surface area contributed by atoms with Crippen LogP contribution in [0.25, 0.3) is 11.3 Å². The number of aryl methyl sites for hydroxylation is 1. The number of amides is 1. The molecule has 1 aliphatic heterocycles. The smallest absolute Gasteiger partial charge is 0.414 e. The number of nitrogens with zero attached hydrogens (tertiary/aromatic N) is 2. The number of ether oxygens (including phenoxy) is 1. The van der Waals surface area contributed by atoms with Gasteiger partial charge in [0.05, 0.1) is 11.9 Å². The maximum absolute atomic E-state index is 12.6. The van der Waals surface area contributed by atoms with Crippen LogP contribution in [0.3, 0.4) is 0 Å². The fraction of sp³-hybridized carbons (Fsp3) is 0.412. The summed E-state index contributed by atoms with van der Waals surface area (Å²) >= 11 is 0. The number of para-hydroxylation sites is 1. The van der Waals surface area contributed by atoms with E-state index in [2.05, 4.69) is 4.98 Å². The van der Waals surface area contributed by atoms with Crippen molar-refractivity contribution in [1.82, 2.24) is 4.98 Å². The van der Waals surface area contributed by atoms with Crippen LogP contribution < -0.4 is 4.90 Å². The molecule has 0 bridgehead atoms. The van der Waals surface area contributed by atoms with Crippen LogP contribution in [0.1, 0.15) is 32.8 Å². The Labute approximate surface area is 129 Å². The fourth-order valence-electron chi connectivity index (χ4n) is 2.70. The molecule has 1 aromatic heterocycles. The molecular weight excluding hydrogens is 280 g/mol. The van der Waals surface area contributed by atoms with Crippen molar-refractivity contribution in [3.8, 4) is 11.3 Å². The molecule has 2 heterocycles. The van der Waals surface area contributed by atoms with Crippen LogP contribution in [0, 0.1) is 0 Å². The third-order valence-electron chi connectivity index (χ3n) is 3.53. The first-order valence-electron chi connectivity index (χ1n) is 7.47. The minimum absolute atomic E-state index is 0.319. The lowest BCUT2D eigenvalue weighted by atomic mass is 9.97. The number of aromatic nitrogens is 1. The van der Waals surface area contributed by atoms with Gasteiger partial charge in [-0.1, -0.05) is 12.1 Å². The summed E-state index contributed by atoms with van der Waals surface area (Å²) in [5, 5.41) is 0. The zero-order valence-electron chi connectivity index (χ0n) is 13.1. The van der Waals surface area contributed by atoms with Gasteiger partial charge in [-0.05, 0) is 45.2 Å². The zero-order valence-corrected chi connectivity index (χ0v) is 13.1. The molecule has 0 spiro atoms. The van der Waals surface area contributed by atoms with Crippen LogP contribution in [0.2, 0.25) is 0 Å². The Balaban J connectivity index is 2.03. The molecule has 2 aromatic rings. The van der Waals surface area contributed by atoms with E-state index in [9.17, 15) is 4.79 Å². The minimum Gasteiger partial charge on any atom is -0.443 e. The molecular formula is C17H20N2O3. The maximum Gasteiger partial charge on any atom is 0.414 e. The van der Waals surface area contributed by atoms with Gasteiger partial charge in [-0.3, -0.25) is 4.90 Å². The molecule has 5 nitrogen and oxygen atoms in total. The van der Waals surface area contributed by atoms with Crippen LogP contribution in [0.15, 0.2) is 35.2 Å². The van der Waals surface area contributed by atoms with E-state index < -0.39 is 5.60 Å². The summed E-state index contributed by atoms with van der Waals surface area (Å²) in [6.45, 7) is 6.27. The second kappa shape index (κ2) is 5.48. The summed E-state index contributed by atoms with van der Waals surface area (Å²) in [7, 11) is 0. The lowest BCUT2D eigenvalue weighted by molar-refractivity contribution is 0.0578. The van der Waals surface area contributed by atoms with Crippen molar-refractivity contribution in [3.05, 3.63) is 36.4 Å². The van der Waals surface area contributed by atoms with E-state index in [1.165, 1.54) is 6.39 Å². The highest BCUT2D eigenvalue weighted by molar-refractivity contribution is 5.95. The van der Waals surface area contributed by atoms with Gasteiger partial charge in [0.1, 0.15) is 5.60 Å². The summed E-state index contributed by atoms with van der Waals surface area (Å²) in [6.07, 6.45) is 4.61. The third-order valence-corrected chi connectivity index (χ3v) is 3.53. The van der Waals surface area contributed by atoms with Crippen molar-refractivity contribution in [1.29, 1.82) is 0 Å². The highest BCUT2D eigenvalue weighted by Gasteiger charge is 2.30. The van der Waals surface area contributed by atoms with Crippen LogP contribution in [-0.2, 0) is 11.2 Å². The molecule has 0 saturated carbocycles. The standard InChI is InChI=1S/C17H20N2O3/c1-17(2,3)22-16(20)19-9-5-7-12-6-4-8-13(15(12)19)14-10-18-11-21-14/h4,6,8,10-11H,5,7,9H2,1-3H3. The number of hydrogen-bond donors (Lipinski definition) is 0. The molecule has 0 radical (unpaired) electrons. The highest BCUT2D eigenvalue weighted by atomic mass is 16.6. The van der Waals surface area contributed by atoms with Crippen molar-refractivity contribution >= 4 is 11.8 Å². The van der Waals surface area contributed by atoms with E-state index in [1.54, 1.807) is 11.1 Å². The Hall–Kier alpha value is -2.30. The molecule has 0 fully saturated rings. The van der Waals surface area contributed by atoms with Crippen molar-refractivity contribution in [2.75, 3.05) is 11.4 Å². The van der Waals surface area contributed by atoms with E-state index >= 15 is 0 Å². The monoisotopic (exact) mass is 300 g/mol. The second-order valence-corrected chi connectivity index (χ2v) is 6.41. The topological polar surface area (TPSA) is 55.6 Å². The summed E-state index contributed by atoms with van der Waals surface area (Å²) < 4.78 is 11.0. The Morgan fingerprint density at radius 2 is 2.18 bits per heavy atom. The van der Waals surface area contributed by atoms with Crippen LogP contribution in [0.4, 0.5) is 10.5 Å². The number of hydrogen-bond acceptors (Lipinski definition) is 4. The average Bonchev–Trinajstić information content (AvgIpc) is 2.98. The van der Waals surface area contributed by atoms with E-state index in [0.717, 1.165) is 29.7 Å². The number of carbonyl (C=O) groups excluding carboxylic acids is 1. The Morgan fingerprint density at radius 1 is 1.36 bits per heavy atom. The highest BCUT2D eigenvalue weighted by Crippen LogP contribution is 2.37. The number of rotatable bonds is 1. The van der Waals surface area contributed by atoms with Gasteiger partial charge in [0.2, 0.25) is 0 Å². The Morgan fingerprint density at radius 3 is 2.86 bits per heavy atom. The van der Waals surface area contributed by atoms with Gasteiger partial charge in [0.15, 0.2) is 12.2 Å². The first-order chi connectivity index (χ1) is 10.5. The lowest BCUT2D eigenvalue weighted by Crippen LogP contribution is -2.40. The maximum atomic E-state index is 12.6. The number of fused-ring (bicyclic) bond motifs is 1. The molecule has 1 aliphatic rings. The molecule has 0 aliphatic carbocycles. The minimum atomic E-state index is -0.518. The molecule has 0 saturated heterocycles. The van der Waals surface area contributed by atoms with Gasteiger partial charge in [0.25, 0.3) is 0 Å². The zero-order chi connectivity index (χ0) is 15.7. The van der Waals surface area contributed by atoms with Gasteiger partial charge in [0, 0.05) is 12.1 Å². The predicted molar refractivity (Wildman–Crippen MR) is 83.8 cm³/mol. The van der Waals surface area contributed by atoms with Gasteiger partial charge in [-0.15, -0.1) is 0 Å². The molecule has 116 valence electrons. The molecule has 3 rings (SSSR count). The number of benzene rings is 1. The molecule has 0 unspecified atom stereocenters. The van der Waals surface area contributed by atoms with Crippen molar-refractivity contribution < 1.29 is 13.9 Å². The fourth-order valence-corrected chi connectivity index (χ4v) is 2.70. The summed E-state index contributed by atoms with van der Waals surface area (Å²) in [4.78, 5) is 18.2. The molecule has 22 heavy (non-hydrogen) atoms. The quantitative estimate of drug-likeness (QED) is 0.798. The second-order valence-electron chi connectivity index (χ2n) is 6.41. The van der Waals surface area contributed by atoms with Gasteiger partial charge in [-0.2, -0.15) is 0 Å².